The van der Waals surface area contributed by atoms with Gasteiger partial charge < -0.3 is 5.32 Å². The van der Waals surface area contributed by atoms with Crippen LogP contribution < -0.4 is 5.32 Å². The van der Waals surface area contributed by atoms with Gasteiger partial charge in [0.15, 0.2) is 0 Å². The Balaban J connectivity index is 1.68. The van der Waals surface area contributed by atoms with Crippen LogP contribution in [0.4, 0.5) is 8.78 Å². The second-order valence-electron chi connectivity index (χ2n) is 4.05. The van der Waals surface area contributed by atoms with Gasteiger partial charge in [-0.2, -0.15) is 5.10 Å². The molecule has 0 unspecified atom stereocenters. The molecule has 0 saturated carbocycles. The molecule has 0 bridgehead atoms. The van der Waals surface area contributed by atoms with E-state index in [4.69, 9.17) is 0 Å². The highest BCUT2D eigenvalue weighted by Crippen LogP contribution is 2.07. The van der Waals surface area contributed by atoms with E-state index >= 15 is 0 Å². The lowest BCUT2D eigenvalue weighted by molar-refractivity contribution is 0.552. The molecule has 1 aromatic heterocycles. The first-order chi connectivity index (χ1) is 8.74. The quantitative estimate of drug-likeness (QED) is 0.796. The van der Waals surface area contributed by atoms with Gasteiger partial charge in [0.1, 0.15) is 11.6 Å². The molecule has 5 heteroatoms. The summed E-state index contributed by atoms with van der Waals surface area (Å²) in [4.78, 5) is 0. The molecule has 1 N–H and O–H groups in total. The Kier molecular flexibility index (Phi) is 4.41. The molecule has 0 aliphatic rings. The number of aromatic nitrogens is 2. The lowest BCUT2D eigenvalue weighted by Crippen LogP contribution is -2.22. The lowest BCUT2D eigenvalue weighted by atomic mass is 10.1. The van der Waals surface area contributed by atoms with Crippen LogP contribution in [0.3, 0.4) is 0 Å². The molecule has 0 radical (unpaired) electrons. The minimum atomic E-state index is -0.526. The largest absolute Gasteiger partial charge is 0.315 e. The summed E-state index contributed by atoms with van der Waals surface area (Å²) in [6.07, 6.45) is 4.23. The molecule has 1 aromatic carbocycles. The first-order valence-corrected chi connectivity index (χ1v) is 5.87. The average Bonchev–Trinajstić information content (AvgIpc) is 2.80. The predicted octanol–water partition coefficient (Wildman–Crippen LogP) is 1.99. The highest BCUT2D eigenvalue weighted by atomic mass is 19.1. The van der Waals surface area contributed by atoms with Gasteiger partial charge in [0, 0.05) is 25.0 Å². The minimum Gasteiger partial charge on any atom is -0.315 e. The maximum Gasteiger partial charge on any atom is 0.126 e. The summed E-state index contributed by atoms with van der Waals surface area (Å²) in [5.41, 5.74) is 0.666. The number of benzene rings is 1. The number of nitrogens with one attached hydrogen (secondary N) is 1. The van der Waals surface area contributed by atoms with Crippen molar-refractivity contribution in [2.45, 2.75) is 13.0 Å². The van der Waals surface area contributed by atoms with E-state index in [-0.39, 0.29) is 0 Å². The van der Waals surface area contributed by atoms with Crippen molar-refractivity contribution < 1.29 is 8.78 Å². The number of nitrogens with zero attached hydrogens (tertiary/aromatic N) is 2. The van der Waals surface area contributed by atoms with Crippen LogP contribution in [0.2, 0.25) is 0 Å². The van der Waals surface area contributed by atoms with Crippen LogP contribution in [-0.2, 0) is 13.0 Å². The van der Waals surface area contributed by atoms with E-state index in [1.807, 2.05) is 16.9 Å². The van der Waals surface area contributed by atoms with Crippen LogP contribution in [0.1, 0.15) is 5.56 Å². The van der Waals surface area contributed by atoms with E-state index in [0.717, 1.165) is 19.2 Å². The molecule has 2 aromatic rings. The lowest BCUT2D eigenvalue weighted by Gasteiger charge is -2.05. The monoisotopic (exact) mass is 251 g/mol. The third-order valence-electron chi connectivity index (χ3n) is 2.59. The number of hydrogen-bond acceptors (Lipinski definition) is 2. The second-order valence-corrected chi connectivity index (χ2v) is 4.05. The Morgan fingerprint density at radius 3 is 2.56 bits per heavy atom. The van der Waals surface area contributed by atoms with Crippen LogP contribution in [-0.4, -0.2) is 22.9 Å². The maximum atomic E-state index is 12.9. The van der Waals surface area contributed by atoms with Gasteiger partial charge in [0.2, 0.25) is 0 Å². The second kappa shape index (κ2) is 6.26. The topological polar surface area (TPSA) is 29.9 Å². The van der Waals surface area contributed by atoms with Gasteiger partial charge in [-0.1, -0.05) is 0 Å². The van der Waals surface area contributed by atoms with Crippen LogP contribution in [0.5, 0.6) is 0 Å². The van der Waals surface area contributed by atoms with E-state index in [9.17, 15) is 8.78 Å². The molecular formula is C13H15F2N3. The zero-order chi connectivity index (χ0) is 12.8. The Morgan fingerprint density at radius 2 is 1.89 bits per heavy atom. The summed E-state index contributed by atoms with van der Waals surface area (Å²) >= 11 is 0. The summed E-state index contributed by atoms with van der Waals surface area (Å²) in [6, 6.07) is 5.47. The normalized spacial score (nSPS) is 10.8. The summed E-state index contributed by atoms with van der Waals surface area (Å²) in [7, 11) is 0. The Labute approximate surface area is 104 Å². The van der Waals surface area contributed by atoms with E-state index < -0.39 is 11.6 Å². The third kappa shape index (κ3) is 3.92. The van der Waals surface area contributed by atoms with Crippen molar-refractivity contribution >= 4 is 0 Å². The molecule has 96 valence electrons. The summed E-state index contributed by atoms with van der Waals surface area (Å²) in [5.74, 6) is -1.05. The van der Waals surface area contributed by atoms with Gasteiger partial charge in [0.25, 0.3) is 0 Å². The molecule has 0 saturated heterocycles. The van der Waals surface area contributed by atoms with Gasteiger partial charge in [-0.25, -0.2) is 8.78 Å². The summed E-state index contributed by atoms with van der Waals surface area (Å²) < 4.78 is 27.7. The first-order valence-electron chi connectivity index (χ1n) is 5.87. The molecule has 0 fully saturated rings. The SMILES string of the molecule is Fc1cc(F)cc(CCNCCn2cccn2)c1. The highest BCUT2D eigenvalue weighted by Gasteiger charge is 2.00. The van der Waals surface area contributed by atoms with Crippen LogP contribution in [0, 0.1) is 11.6 Å². The van der Waals surface area contributed by atoms with Crippen molar-refractivity contribution in [3.8, 4) is 0 Å². The molecule has 0 atom stereocenters. The Morgan fingerprint density at radius 1 is 1.11 bits per heavy atom. The van der Waals surface area contributed by atoms with Gasteiger partial charge >= 0.3 is 0 Å². The summed E-state index contributed by atoms with van der Waals surface area (Å²) in [5, 5.41) is 7.28. The van der Waals surface area contributed by atoms with Gasteiger partial charge in [-0.3, -0.25) is 4.68 Å². The van der Waals surface area contributed by atoms with Gasteiger partial charge in [-0.15, -0.1) is 0 Å². The van der Waals surface area contributed by atoms with E-state index in [1.54, 1.807) is 6.20 Å². The molecule has 1 heterocycles. The van der Waals surface area contributed by atoms with Crippen molar-refractivity contribution in [1.29, 1.82) is 0 Å². The minimum absolute atomic E-state index is 0.526. The van der Waals surface area contributed by atoms with Crippen molar-refractivity contribution in [2.75, 3.05) is 13.1 Å². The van der Waals surface area contributed by atoms with E-state index in [1.165, 1.54) is 12.1 Å². The molecule has 2 rings (SSSR count). The number of halogens is 2. The van der Waals surface area contributed by atoms with Gasteiger partial charge in [0.05, 0.1) is 6.54 Å². The molecule has 0 spiro atoms. The molecular weight excluding hydrogens is 236 g/mol. The summed E-state index contributed by atoms with van der Waals surface area (Å²) in [6.45, 7) is 2.24. The Bertz CT molecular complexity index is 463. The van der Waals surface area contributed by atoms with Crippen molar-refractivity contribution in [3.63, 3.8) is 0 Å². The van der Waals surface area contributed by atoms with Gasteiger partial charge in [-0.05, 0) is 36.7 Å². The third-order valence-corrected chi connectivity index (χ3v) is 2.59. The molecule has 18 heavy (non-hydrogen) atoms. The zero-order valence-corrected chi connectivity index (χ0v) is 9.94. The van der Waals surface area contributed by atoms with E-state index in [0.29, 0.717) is 18.5 Å². The fraction of sp³-hybridized carbons (Fsp3) is 0.308. The van der Waals surface area contributed by atoms with Crippen LogP contribution in [0.25, 0.3) is 0 Å². The fourth-order valence-electron chi connectivity index (χ4n) is 1.74. The standard InChI is InChI=1S/C13H15F2N3/c14-12-8-11(9-13(15)10-12)2-4-16-5-7-18-6-1-3-17-18/h1,3,6,8-10,16H,2,4-5,7H2. The number of hydrogen-bond donors (Lipinski definition) is 1. The zero-order valence-electron chi connectivity index (χ0n) is 9.94. The van der Waals surface area contributed by atoms with Crippen LogP contribution in [0.15, 0.2) is 36.7 Å². The molecule has 3 nitrogen and oxygen atoms in total. The average molecular weight is 251 g/mol. The maximum absolute atomic E-state index is 12.9. The smallest absolute Gasteiger partial charge is 0.126 e. The Hall–Kier alpha value is -1.75. The highest BCUT2D eigenvalue weighted by molar-refractivity contribution is 5.18. The predicted molar refractivity (Wildman–Crippen MR) is 65.2 cm³/mol. The van der Waals surface area contributed by atoms with Crippen molar-refractivity contribution in [2.24, 2.45) is 0 Å². The van der Waals surface area contributed by atoms with Crippen molar-refractivity contribution in [1.82, 2.24) is 15.1 Å². The molecule has 0 amide bonds. The van der Waals surface area contributed by atoms with Crippen molar-refractivity contribution in [3.05, 3.63) is 53.9 Å². The van der Waals surface area contributed by atoms with E-state index in [2.05, 4.69) is 10.4 Å². The molecule has 0 aliphatic heterocycles. The first kappa shape index (κ1) is 12.7. The molecule has 0 aliphatic carbocycles. The number of rotatable bonds is 6. The van der Waals surface area contributed by atoms with Crippen LogP contribution >= 0.6 is 0 Å². The fourth-order valence-corrected chi connectivity index (χ4v) is 1.74.